The molecule has 0 atom stereocenters. The first-order chi connectivity index (χ1) is 27.8. The Morgan fingerprint density at radius 1 is 0.179 bits per heavy atom. The molecule has 260 valence electrons. The molecule has 0 fully saturated rings. The molecule has 0 N–H and O–H groups in total. The second-order valence-electron chi connectivity index (χ2n) is 14.8. The maximum atomic E-state index is 2.43. The standard InChI is InChI=1S/C56H36/c1-4-21-45-38(13-1)16-10-26-47(45)41-31-29-37(30-32-41)42-33-34-53-54(36-42)55(44-20-9-19-43(35-44)49-27-11-17-39-14-2-5-22-46(39)49)51-24-7-8-25-52(51)56(53)50-28-12-18-40-15-3-6-23-48(40)50/h1-36H. The van der Waals surface area contributed by atoms with Crippen molar-refractivity contribution < 1.29 is 0 Å². The van der Waals surface area contributed by atoms with E-state index in [2.05, 4.69) is 218 Å². The molecule has 11 aromatic rings. The maximum absolute atomic E-state index is 2.43. The summed E-state index contributed by atoms with van der Waals surface area (Å²) in [4.78, 5) is 0. The highest BCUT2D eigenvalue weighted by Crippen LogP contribution is 2.47. The molecule has 0 unspecified atom stereocenters. The van der Waals surface area contributed by atoms with Gasteiger partial charge in [-0.3, -0.25) is 0 Å². The van der Waals surface area contributed by atoms with Gasteiger partial charge in [0.25, 0.3) is 0 Å². The van der Waals surface area contributed by atoms with Gasteiger partial charge in [-0.05, 0) is 122 Å². The summed E-state index contributed by atoms with van der Waals surface area (Å²) in [5.74, 6) is 0. The van der Waals surface area contributed by atoms with Crippen LogP contribution in [0.25, 0.3) is 109 Å². The zero-order valence-corrected chi connectivity index (χ0v) is 30.8. The summed E-state index contributed by atoms with van der Waals surface area (Å²) < 4.78 is 0. The van der Waals surface area contributed by atoms with E-state index in [1.54, 1.807) is 0 Å². The number of hydrogen-bond acceptors (Lipinski definition) is 0. The molecule has 0 aliphatic heterocycles. The van der Waals surface area contributed by atoms with Crippen molar-refractivity contribution >= 4 is 53.9 Å². The van der Waals surface area contributed by atoms with Crippen molar-refractivity contribution in [1.29, 1.82) is 0 Å². The molecule has 0 aromatic heterocycles. The second-order valence-corrected chi connectivity index (χ2v) is 14.8. The lowest BCUT2D eigenvalue weighted by Crippen LogP contribution is -1.93. The molecule has 0 amide bonds. The molecule has 0 aliphatic carbocycles. The van der Waals surface area contributed by atoms with Gasteiger partial charge in [0.05, 0.1) is 0 Å². The Labute approximate surface area is 326 Å². The van der Waals surface area contributed by atoms with Gasteiger partial charge < -0.3 is 0 Å². The first-order valence-electron chi connectivity index (χ1n) is 19.4. The van der Waals surface area contributed by atoms with Gasteiger partial charge in [-0.2, -0.15) is 0 Å². The Morgan fingerprint density at radius 2 is 0.589 bits per heavy atom. The van der Waals surface area contributed by atoms with Crippen molar-refractivity contribution in [3.8, 4) is 55.6 Å². The third-order valence-corrected chi connectivity index (χ3v) is 11.7. The van der Waals surface area contributed by atoms with Gasteiger partial charge in [0.2, 0.25) is 0 Å². The van der Waals surface area contributed by atoms with E-state index in [-0.39, 0.29) is 0 Å². The van der Waals surface area contributed by atoms with E-state index in [4.69, 9.17) is 0 Å². The van der Waals surface area contributed by atoms with Crippen molar-refractivity contribution in [2.75, 3.05) is 0 Å². The Hall–Kier alpha value is -7.28. The predicted molar refractivity (Wildman–Crippen MR) is 241 cm³/mol. The van der Waals surface area contributed by atoms with Crippen molar-refractivity contribution in [3.05, 3.63) is 218 Å². The van der Waals surface area contributed by atoms with Crippen LogP contribution in [0, 0.1) is 0 Å². The normalized spacial score (nSPS) is 11.6. The Bertz CT molecular complexity index is 3280. The summed E-state index contributed by atoms with van der Waals surface area (Å²) in [5, 5.41) is 12.6. The average molecular weight is 709 g/mol. The summed E-state index contributed by atoms with van der Waals surface area (Å²) in [7, 11) is 0. The van der Waals surface area contributed by atoms with Gasteiger partial charge in [-0.15, -0.1) is 0 Å². The highest BCUT2D eigenvalue weighted by atomic mass is 14.2. The van der Waals surface area contributed by atoms with E-state index < -0.39 is 0 Å². The minimum atomic E-state index is 1.20. The molecule has 0 aliphatic rings. The summed E-state index contributed by atoms with van der Waals surface area (Å²) >= 11 is 0. The minimum absolute atomic E-state index is 1.20. The molecule has 56 heavy (non-hydrogen) atoms. The highest BCUT2D eigenvalue weighted by Gasteiger charge is 2.19. The van der Waals surface area contributed by atoms with E-state index in [1.165, 1.54) is 109 Å². The van der Waals surface area contributed by atoms with Crippen LogP contribution in [-0.4, -0.2) is 0 Å². The fourth-order valence-electron chi connectivity index (χ4n) is 9.04. The van der Waals surface area contributed by atoms with Gasteiger partial charge in [-0.1, -0.05) is 206 Å². The van der Waals surface area contributed by atoms with Crippen LogP contribution >= 0.6 is 0 Å². The van der Waals surface area contributed by atoms with Crippen LogP contribution in [0.3, 0.4) is 0 Å². The van der Waals surface area contributed by atoms with E-state index >= 15 is 0 Å². The lowest BCUT2D eigenvalue weighted by Gasteiger charge is -2.20. The third kappa shape index (κ3) is 5.30. The van der Waals surface area contributed by atoms with Crippen molar-refractivity contribution in [2.45, 2.75) is 0 Å². The number of fused-ring (bicyclic) bond motifs is 5. The molecule has 0 bridgehead atoms. The smallest absolute Gasteiger partial charge is 0.00201 e. The summed E-state index contributed by atoms with van der Waals surface area (Å²) in [5.41, 5.74) is 12.4. The Morgan fingerprint density at radius 3 is 1.21 bits per heavy atom. The fraction of sp³-hybridized carbons (Fsp3) is 0. The molecule has 0 spiro atoms. The van der Waals surface area contributed by atoms with Crippen LogP contribution in [0.15, 0.2) is 218 Å². The predicted octanol–water partition coefficient (Wildman–Crippen LogP) is 15.8. The number of benzene rings is 11. The molecule has 11 aromatic carbocycles. The lowest BCUT2D eigenvalue weighted by molar-refractivity contribution is 1.61. The molecule has 0 nitrogen and oxygen atoms in total. The first kappa shape index (κ1) is 32.2. The quantitative estimate of drug-likeness (QED) is 0.156. The summed E-state index contributed by atoms with van der Waals surface area (Å²) in [6.45, 7) is 0. The SMILES string of the molecule is c1cc(-c2cccc3ccccc23)cc(-c2c3ccccc3c(-c3cccc4ccccc34)c3ccc(-c4ccc(-c5cccc6ccccc56)cc4)cc23)c1. The van der Waals surface area contributed by atoms with Crippen LogP contribution < -0.4 is 0 Å². The average Bonchev–Trinajstić information content (AvgIpc) is 3.27. The van der Waals surface area contributed by atoms with E-state index in [0.29, 0.717) is 0 Å². The van der Waals surface area contributed by atoms with Crippen LogP contribution in [0.4, 0.5) is 0 Å². The number of hydrogen-bond donors (Lipinski definition) is 0. The first-order valence-corrected chi connectivity index (χ1v) is 19.4. The molecule has 0 radical (unpaired) electrons. The van der Waals surface area contributed by atoms with Crippen molar-refractivity contribution in [2.24, 2.45) is 0 Å². The van der Waals surface area contributed by atoms with Gasteiger partial charge in [0.1, 0.15) is 0 Å². The van der Waals surface area contributed by atoms with Crippen LogP contribution in [-0.2, 0) is 0 Å². The molecule has 11 rings (SSSR count). The molecular weight excluding hydrogens is 673 g/mol. The van der Waals surface area contributed by atoms with E-state index in [1.807, 2.05) is 0 Å². The second kappa shape index (κ2) is 13.2. The van der Waals surface area contributed by atoms with Gasteiger partial charge in [0, 0.05) is 0 Å². The van der Waals surface area contributed by atoms with Crippen LogP contribution in [0.1, 0.15) is 0 Å². The van der Waals surface area contributed by atoms with Crippen LogP contribution in [0.5, 0.6) is 0 Å². The monoisotopic (exact) mass is 708 g/mol. The largest absolute Gasteiger partial charge is 0.0616 e. The summed E-state index contributed by atoms with van der Waals surface area (Å²) in [6, 6.07) is 80.4. The van der Waals surface area contributed by atoms with E-state index in [9.17, 15) is 0 Å². The summed E-state index contributed by atoms with van der Waals surface area (Å²) in [6.07, 6.45) is 0. The number of rotatable bonds is 5. The lowest BCUT2D eigenvalue weighted by atomic mass is 9.83. The van der Waals surface area contributed by atoms with Gasteiger partial charge >= 0.3 is 0 Å². The molecule has 0 saturated carbocycles. The zero-order chi connectivity index (χ0) is 37.0. The highest BCUT2D eigenvalue weighted by molar-refractivity contribution is 6.24. The molecule has 0 saturated heterocycles. The molecule has 0 heteroatoms. The van der Waals surface area contributed by atoms with Crippen molar-refractivity contribution in [3.63, 3.8) is 0 Å². The zero-order valence-electron chi connectivity index (χ0n) is 30.8. The van der Waals surface area contributed by atoms with Crippen molar-refractivity contribution in [1.82, 2.24) is 0 Å². The fourth-order valence-corrected chi connectivity index (χ4v) is 9.04. The van der Waals surface area contributed by atoms with E-state index in [0.717, 1.165) is 0 Å². The van der Waals surface area contributed by atoms with Gasteiger partial charge in [0.15, 0.2) is 0 Å². The minimum Gasteiger partial charge on any atom is -0.0616 e. The van der Waals surface area contributed by atoms with Crippen LogP contribution in [0.2, 0.25) is 0 Å². The Balaban J connectivity index is 1.16. The Kier molecular flexibility index (Phi) is 7.60. The topological polar surface area (TPSA) is 0 Å². The third-order valence-electron chi connectivity index (χ3n) is 11.7. The maximum Gasteiger partial charge on any atom is -0.00201 e. The van der Waals surface area contributed by atoms with Gasteiger partial charge in [-0.25, -0.2) is 0 Å². The molecular formula is C56H36. The molecule has 0 heterocycles.